The van der Waals surface area contributed by atoms with Gasteiger partial charge in [-0.15, -0.1) is 0 Å². The van der Waals surface area contributed by atoms with Crippen LogP contribution in [0, 0.1) is 5.41 Å². The monoisotopic (exact) mass is 316 g/mol. The first-order valence-corrected chi connectivity index (χ1v) is 7.85. The highest BCUT2D eigenvalue weighted by Crippen LogP contribution is 2.37. The summed E-state index contributed by atoms with van der Waals surface area (Å²) >= 11 is 0. The molecule has 0 bridgehead atoms. The molecule has 1 amide bonds. The normalized spacial score (nSPS) is 22.3. The molecule has 2 fully saturated rings. The first-order valence-electron chi connectivity index (χ1n) is 7.85. The highest BCUT2D eigenvalue weighted by atomic mass is 16.7. The number of ether oxygens (including phenoxy) is 2. The lowest BCUT2D eigenvalue weighted by Gasteiger charge is -2.54. The van der Waals surface area contributed by atoms with Crippen molar-refractivity contribution < 1.29 is 18.8 Å². The maximum absolute atomic E-state index is 12.5. The Balaban J connectivity index is 1.38. The Morgan fingerprint density at radius 2 is 1.91 bits per heavy atom. The molecule has 2 aliphatic rings. The van der Waals surface area contributed by atoms with Crippen molar-refractivity contribution in [1.82, 2.24) is 10.1 Å². The quantitative estimate of drug-likeness (QED) is 0.847. The molecule has 0 radical (unpaired) electrons. The molecule has 1 spiro atoms. The largest absolute Gasteiger partial charge is 0.356 e. The molecule has 3 heterocycles. The smallest absolute Gasteiger partial charge is 0.228 e. The molecule has 0 unspecified atom stereocenters. The Kier molecular flexibility index (Phi) is 3.21. The zero-order valence-corrected chi connectivity index (χ0v) is 13.4. The van der Waals surface area contributed by atoms with Gasteiger partial charge in [-0.25, -0.2) is 0 Å². The lowest BCUT2D eigenvalue weighted by Crippen LogP contribution is -2.66. The van der Waals surface area contributed by atoms with Crippen LogP contribution in [0.5, 0.6) is 0 Å². The number of carbonyl (C=O) groups is 1. The number of nitrogens with zero attached hydrogens (tertiary/aromatic N) is 2. The van der Waals surface area contributed by atoms with Crippen LogP contribution in [0.1, 0.15) is 19.5 Å². The van der Waals surface area contributed by atoms with Crippen molar-refractivity contribution in [3.05, 3.63) is 30.0 Å². The van der Waals surface area contributed by atoms with Gasteiger partial charge in [0, 0.05) is 18.5 Å². The fourth-order valence-electron chi connectivity index (χ4n) is 3.18. The highest BCUT2D eigenvalue weighted by molar-refractivity contribution is 5.86. The number of likely N-dealkylation sites (tertiary alicyclic amines) is 1. The van der Waals surface area contributed by atoms with Crippen molar-refractivity contribution >= 4 is 16.9 Å². The SMILES string of the molecule is CC1(C)OCC2(CO1)CN(C(=O)Cc1noc3ccccc13)C2. The van der Waals surface area contributed by atoms with Crippen LogP contribution in [0.2, 0.25) is 0 Å². The number of amides is 1. The fraction of sp³-hybridized carbons (Fsp3) is 0.529. The van der Waals surface area contributed by atoms with E-state index in [9.17, 15) is 4.79 Å². The molecule has 2 aromatic rings. The Morgan fingerprint density at radius 3 is 2.65 bits per heavy atom. The van der Waals surface area contributed by atoms with Gasteiger partial charge in [-0.2, -0.15) is 0 Å². The van der Waals surface area contributed by atoms with E-state index in [1.165, 1.54) is 0 Å². The summed E-state index contributed by atoms with van der Waals surface area (Å²) < 4.78 is 16.7. The summed E-state index contributed by atoms with van der Waals surface area (Å²) in [5, 5.41) is 4.93. The third-order valence-corrected chi connectivity index (χ3v) is 4.63. The van der Waals surface area contributed by atoms with Crippen LogP contribution in [0.4, 0.5) is 0 Å². The van der Waals surface area contributed by atoms with Crippen LogP contribution >= 0.6 is 0 Å². The molecule has 122 valence electrons. The van der Waals surface area contributed by atoms with Crippen LogP contribution < -0.4 is 0 Å². The second-order valence-corrected chi connectivity index (χ2v) is 7.03. The maximum atomic E-state index is 12.5. The fourth-order valence-corrected chi connectivity index (χ4v) is 3.18. The Labute approximate surface area is 134 Å². The van der Waals surface area contributed by atoms with Crippen LogP contribution in [-0.2, 0) is 20.7 Å². The van der Waals surface area contributed by atoms with Gasteiger partial charge < -0.3 is 18.9 Å². The number of hydrogen-bond donors (Lipinski definition) is 0. The van der Waals surface area contributed by atoms with E-state index in [4.69, 9.17) is 14.0 Å². The molecule has 0 aliphatic carbocycles. The first kappa shape index (κ1) is 14.7. The Morgan fingerprint density at radius 1 is 1.22 bits per heavy atom. The number of carbonyl (C=O) groups excluding carboxylic acids is 1. The topological polar surface area (TPSA) is 64.8 Å². The molecule has 0 atom stereocenters. The summed E-state index contributed by atoms with van der Waals surface area (Å²) in [6.07, 6.45) is 0.264. The van der Waals surface area contributed by atoms with Crippen LogP contribution in [0.3, 0.4) is 0 Å². The van der Waals surface area contributed by atoms with Gasteiger partial charge in [0.15, 0.2) is 11.4 Å². The average Bonchev–Trinajstić information content (AvgIpc) is 2.89. The molecule has 1 aromatic carbocycles. The number of hydrogen-bond acceptors (Lipinski definition) is 5. The number of benzene rings is 1. The van der Waals surface area contributed by atoms with Gasteiger partial charge in [0.2, 0.25) is 5.91 Å². The van der Waals surface area contributed by atoms with E-state index in [1.807, 2.05) is 43.0 Å². The molecule has 4 rings (SSSR count). The van der Waals surface area contributed by atoms with Gasteiger partial charge in [0.25, 0.3) is 0 Å². The molecule has 23 heavy (non-hydrogen) atoms. The lowest BCUT2D eigenvalue weighted by atomic mass is 9.80. The van der Waals surface area contributed by atoms with Crippen LogP contribution in [-0.4, -0.2) is 48.1 Å². The van der Waals surface area contributed by atoms with Gasteiger partial charge in [-0.05, 0) is 26.0 Å². The highest BCUT2D eigenvalue weighted by Gasteiger charge is 2.50. The third kappa shape index (κ3) is 2.62. The van der Waals surface area contributed by atoms with E-state index in [0.29, 0.717) is 37.6 Å². The summed E-state index contributed by atoms with van der Waals surface area (Å²) in [6, 6.07) is 7.60. The number of para-hydroxylation sites is 1. The second-order valence-electron chi connectivity index (χ2n) is 7.03. The van der Waals surface area contributed by atoms with Gasteiger partial charge in [-0.1, -0.05) is 17.3 Å². The van der Waals surface area contributed by atoms with Crippen LogP contribution in [0.15, 0.2) is 28.8 Å². The van der Waals surface area contributed by atoms with Crippen molar-refractivity contribution in [3.8, 4) is 0 Å². The summed E-state index contributed by atoms with van der Waals surface area (Å²) in [5.41, 5.74) is 1.37. The van der Waals surface area contributed by atoms with Gasteiger partial charge in [-0.3, -0.25) is 4.79 Å². The van der Waals surface area contributed by atoms with E-state index in [0.717, 1.165) is 5.39 Å². The Hall–Kier alpha value is -1.92. The molecule has 6 nitrogen and oxygen atoms in total. The van der Waals surface area contributed by atoms with E-state index in [1.54, 1.807) is 0 Å². The maximum Gasteiger partial charge on any atom is 0.228 e. The predicted octanol–water partition coefficient (Wildman–Crippen LogP) is 1.98. The van der Waals surface area contributed by atoms with Gasteiger partial charge in [0.1, 0.15) is 5.69 Å². The zero-order valence-electron chi connectivity index (χ0n) is 13.4. The minimum atomic E-state index is -0.519. The molecule has 1 aromatic heterocycles. The van der Waals surface area contributed by atoms with E-state index in [2.05, 4.69) is 5.16 Å². The second kappa shape index (κ2) is 5.04. The molecule has 2 saturated heterocycles. The molecular formula is C17H20N2O4. The molecule has 0 N–H and O–H groups in total. The Bertz CT molecular complexity index is 734. The predicted molar refractivity (Wildman–Crippen MR) is 82.7 cm³/mol. The van der Waals surface area contributed by atoms with Crippen LogP contribution in [0.25, 0.3) is 11.0 Å². The van der Waals surface area contributed by atoms with Crippen molar-refractivity contribution in [2.45, 2.75) is 26.1 Å². The molecule has 2 aliphatic heterocycles. The molecular weight excluding hydrogens is 296 g/mol. The van der Waals surface area contributed by atoms with Gasteiger partial charge >= 0.3 is 0 Å². The molecule has 0 saturated carbocycles. The van der Waals surface area contributed by atoms with Crippen molar-refractivity contribution in [2.75, 3.05) is 26.3 Å². The summed E-state index contributed by atoms with van der Waals surface area (Å²) in [4.78, 5) is 14.3. The minimum absolute atomic E-state index is 0.0446. The number of fused-ring (bicyclic) bond motifs is 1. The summed E-state index contributed by atoms with van der Waals surface area (Å²) in [7, 11) is 0. The zero-order chi connectivity index (χ0) is 16.1. The number of aromatic nitrogens is 1. The minimum Gasteiger partial charge on any atom is -0.356 e. The first-order chi connectivity index (χ1) is 11.0. The third-order valence-electron chi connectivity index (χ3n) is 4.63. The van der Waals surface area contributed by atoms with Crippen molar-refractivity contribution in [2.24, 2.45) is 5.41 Å². The van der Waals surface area contributed by atoms with E-state index < -0.39 is 5.79 Å². The standard InChI is InChI=1S/C17H20N2O4/c1-16(2)21-10-17(11-22-16)8-19(9-17)15(20)7-13-12-5-3-4-6-14(12)23-18-13/h3-6H,7-11H2,1-2H3. The van der Waals surface area contributed by atoms with Crippen molar-refractivity contribution in [1.29, 1.82) is 0 Å². The van der Waals surface area contributed by atoms with Crippen molar-refractivity contribution in [3.63, 3.8) is 0 Å². The molecule has 6 heteroatoms. The van der Waals surface area contributed by atoms with Gasteiger partial charge in [0.05, 0.1) is 25.0 Å². The van der Waals surface area contributed by atoms with E-state index >= 15 is 0 Å². The number of rotatable bonds is 2. The lowest BCUT2D eigenvalue weighted by molar-refractivity contribution is -0.302. The summed E-state index contributed by atoms with van der Waals surface area (Å²) in [5.74, 6) is -0.450. The van der Waals surface area contributed by atoms with E-state index in [-0.39, 0.29) is 17.7 Å². The average molecular weight is 316 g/mol. The summed E-state index contributed by atoms with van der Waals surface area (Å²) in [6.45, 7) is 6.46.